The molecular weight excluding hydrogens is 246 g/mol. The Morgan fingerprint density at radius 1 is 0.895 bits per heavy atom. The molecule has 1 atom stereocenters. The zero-order chi connectivity index (χ0) is 13.7. The molecule has 0 aliphatic rings. The van der Waals surface area contributed by atoms with Gasteiger partial charge in [-0.15, -0.1) is 0 Å². The van der Waals surface area contributed by atoms with Gasteiger partial charge in [0.25, 0.3) is 6.08 Å². The number of rotatable bonds is 4. The highest BCUT2D eigenvalue weighted by atomic mass is 19.3. The summed E-state index contributed by atoms with van der Waals surface area (Å²) in [6.45, 7) is 0. The summed E-state index contributed by atoms with van der Waals surface area (Å²) in [5, 5.41) is 10.0. The molecule has 0 bridgehead atoms. The van der Waals surface area contributed by atoms with E-state index in [1.807, 2.05) is 6.07 Å². The maximum absolute atomic E-state index is 13.0. The number of hydrogen-bond acceptors (Lipinski definition) is 1. The predicted molar refractivity (Wildman–Crippen MR) is 71.6 cm³/mol. The van der Waals surface area contributed by atoms with Crippen LogP contribution < -0.4 is 0 Å². The van der Waals surface area contributed by atoms with Crippen molar-refractivity contribution in [3.05, 3.63) is 77.9 Å². The van der Waals surface area contributed by atoms with Gasteiger partial charge in [0, 0.05) is 12.0 Å². The van der Waals surface area contributed by atoms with E-state index in [-0.39, 0.29) is 12.0 Å². The standard InChI is InChI=1S/C16H14F2O/c17-16(18)14(12-7-3-1-4-8-12)11-15(19)13-9-5-2-6-10-13/h1-10,15,19H,11H2. The molecule has 1 N–H and O–H groups in total. The SMILES string of the molecule is OC(CC(=C(F)F)c1ccccc1)c1ccccc1. The van der Waals surface area contributed by atoms with Gasteiger partial charge in [-0.25, -0.2) is 0 Å². The van der Waals surface area contributed by atoms with Gasteiger partial charge in [-0.2, -0.15) is 8.78 Å². The van der Waals surface area contributed by atoms with Gasteiger partial charge in [-0.1, -0.05) is 60.7 Å². The highest BCUT2D eigenvalue weighted by molar-refractivity contribution is 5.66. The first-order valence-electron chi connectivity index (χ1n) is 6.01. The number of aliphatic hydroxyl groups excluding tert-OH is 1. The first kappa shape index (κ1) is 13.4. The Labute approximate surface area is 110 Å². The van der Waals surface area contributed by atoms with Gasteiger partial charge in [0.1, 0.15) is 0 Å². The van der Waals surface area contributed by atoms with Crippen LogP contribution in [0.3, 0.4) is 0 Å². The molecule has 0 heterocycles. The average molecular weight is 260 g/mol. The fraction of sp³-hybridized carbons (Fsp3) is 0.125. The Bertz CT molecular complexity index is 545. The van der Waals surface area contributed by atoms with E-state index >= 15 is 0 Å². The van der Waals surface area contributed by atoms with Crippen molar-refractivity contribution in [3.63, 3.8) is 0 Å². The molecular formula is C16H14F2O. The van der Waals surface area contributed by atoms with E-state index in [4.69, 9.17) is 0 Å². The summed E-state index contributed by atoms with van der Waals surface area (Å²) in [7, 11) is 0. The molecule has 0 saturated heterocycles. The summed E-state index contributed by atoms with van der Waals surface area (Å²) in [4.78, 5) is 0. The topological polar surface area (TPSA) is 20.2 Å². The fourth-order valence-electron chi connectivity index (χ4n) is 1.93. The molecule has 0 fully saturated rings. The maximum Gasteiger partial charge on any atom is 0.274 e. The van der Waals surface area contributed by atoms with Crippen molar-refractivity contribution >= 4 is 5.57 Å². The molecule has 0 amide bonds. The molecule has 1 nitrogen and oxygen atoms in total. The molecule has 2 aromatic carbocycles. The van der Waals surface area contributed by atoms with Crippen LogP contribution >= 0.6 is 0 Å². The summed E-state index contributed by atoms with van der Waals surface area (Å²) in [5.41, 5.74) is 0.964. The summed E-state index contributed by atoms with van der Waals surface area (Å²) >= 11 is 0. The third-order valence-electron chi connectivity index (χ3n) is 2.93. The largest absolute Gasteiger partial charge is 0.388 e. The molecule has 0 radical (unpaired) electrons. The Morgan fingerprint density at radius 3 is 1.95 bits per heavy atom. The van der Waals surface area contributed by atoms with Gasteiger partial charge in [0.05, 0.1) is 6.10 Å². The number of halogens is 2. The smallest absolute Gasteiger partial charge is 0.274 e. The van der Waals surface area contributed by atoms with Gasteiger partial charge in [0.15, 0.2) is 0 Å². The monoisotopic (exact) mass is 260 g/mol. The molecule has 3 heteroatoms. The van der Waals surface area contributed by atoms with Gasteiger partial charge >= 0.3 is 0 Å². The molecule has 0 spiro atoms. The van der Waals surface area contributed by atoms with Crippen molar-refractivity contribution < 1.29 is 13.9 Å². The Kier molecular flexibility index (Phi) is 4.42. The molecule has 1 unspecified atom stereocenters. The lowest BCUT2D eigenvalue weighted by Crippen LogP contribution is -1.99. The molecule has 2 aromatic rings. The van der Waals surface area contributed by atoms with E-state index < -0.39 is 12.2 Å². The third-order valence-corrected chi connectivity index (χ3v) is 2.93. The fourth-order valence-corrected chi connectivity index (χ4v) is 1.93. The van der Waals surface area contributed by atoms with Crippen LogP contribution in [0.4, 0.5) is 8.78 Å². The summed E-state index contributed by atoms with van der Waals surface area (Å²) in [6, 6.07) is 17.2. The van der Waals surface area contributed by atoms with Crippen LogP contribution in [0.2, 0.25) is 0 Å². The van der Waals surface area contributed by atoms with Gasteiger partial charge in [-0.05, 0) is 11.1 Å². The third kappa shape index (κ3) is 3.48. The van der Waals surface area contributed by atoms with Crippen LogP contribution in [0.5, 0.6) is 0 Å². The van der Waals surface area contributed by atoms with Crippen LogP contribution in [-0.4, -0.2) is 5.11 Å². The maximum atomic E-state index is 13.0. The van der Waals surface area contributed by atoms with Crippen LogP contribution in [0, 0.1) is 0 Å². The zero-order valence-electron chi connectivity index (χ0n) is 10.3. The summed E-state index contributed by atoms with van der Waals surface area (Å²) in [6.07, 6.45) is -2.78. The molecule has 0 aliphatic heterocycles. The minimum absolute atomic E-state index is 0.101. The highest BCUT2D eigenvalue weighted by Gasteiger charge is 2.15. The van der Waals surface area contributed by atoms with E-state index in [0.717, 1.165) is 0 Å². The zero-order valence-corrected chi connectivity index (χ0v) is 10.3. The number of benzene rings is 2. The second-order valence-electron chi connectivity index (χ2n) is 4.24. The Hall–Kier alpha value is -2.00. The summed E-state index contributed by atoms with van der Waals surface area (Å²) in [5.74, 6) is 0. The first-order valence-corrected chi connectivity index (χ1v) is 6.01. The normalized spacial score (nSPS) is 11.9. The molecule has 2 rings (SSSR count). The molecule has 0 aromatic heterocycles. The van der Waals surface area contributed by atoms with Gasteiger partial charge in [0.2, 0.25) is 0 Å². The lowest BCUT2D eigenvalue weighted by molar-refractivity contribution is 0.182. The van der Waals surface area contributed by atoms with Crippen LogP contribution in [-0.2, 0) is 0 Å². The van der Waals surface area contributed by atoms with E-state index in [0.29, 0.717) is 11.1 Å². The van der Waals surface area contributed by atoms with E-state index in [1.54, 1.807) is 54.6 Å². The Balaban J connectivity index is 2.22. The van der Waals surface area contributed by atoms with Gasteiger partial charge in [-0.3, -0.25) is 0 Å². The van der Waals surface area contributed by atoms with E-state index in [2.05, 4.69) is 0 Å². The first-order chi connectivity index (χ1) is 9.18. The molecule has 0 aliphatic carbocycles. The predicted octanol–water partition coefficient (Wildman–Crippen LogP) is 4.42. The van der Waals surface area contributed by atoms with Crippen molar-refractivity contribution in [1.82, 2.24) is 0 Å². The van der Waals surface area contributed by atoms with E-state index in [9.17, 15) is 13.9 Å². The minimum atomic E-state index is -1.75. The molecule has 98 valence electrons. The minimum Gasteiger partial charge on any atom is -0.388 e. The molecule has 0 saturated carbocycles. The Morgan fingerprint density at radius 2 is 1.42 bits per heavy atom. The molecule has 19 heavy (non-hydrogen) atoms. The van der Waals surface area contributed by atoms with E-state index in [1.165, 1.54) is 0 Å². The van der Waals surface area contributed by atoms with Crippen LogP contribution in [0.1, 0.15) is 23.7 Å². The second-order valence-corrected chi connectivity index (χ2v) is 4.24. The van der Waals surface area contributed by atoms with Crippen molar-refractivity contribution in [1.29, 1.82) is 0 Å². The highest BCUT2D eigenvalue weighted by Crippen LogP contribution is 2.30. The number of aliphatic hydroxyl groups is 1. The lowest BCUT2D eigenvalue weighted by atomic mass is 9.97. The van der Waals surface area contributed by atoms with Crippen molar-refractivity contribution in [3.8, 4) is 0 Å². The van der Waals surface area contributed by atoms with Gasteiger partial charge < -0.3 is 5.11 Å². The average Bonchev–Trinajstić information content (AvgIpc) is 2.46. The van der Waals surface area contributed by atoms with Crippen molar-refractivity contribution in [2.24, 2.45) is 0 Å². The lowest BCUT2D eigenvalue weighted by Gasteiger charge is -2.13. The van der Waals surface area contributed by atoms with Crippen molar-refractivity contribution in [2.75, 3.05) is 0 Å². The quantitative estimate of drug-likeness (QED) is 0.862. The van der Waals surface area contributed by atoms with Crippen LogP contribution in [0.15, 0.2) is 66.7 Å². The summed E-state index contributed by atoms with van der Waals surface area (Å²) < 4.78 is 26.1. The van der Waals surface area contributed by atoms with Crippen molar-refractivity contribution in [2.45, 2.75) is 12.5 Å². The van der Waals surface area contributed by atoms with Crippen LogP contribution in [0.25, 0.3) is 5.57 Å². The second kappa shape index (κ2) is 6.25. The number of hydrogen-bond donors (Lipinski definition) is 1.